The molecule has 0 aliphatic heterocycles. The van der Waals surface area contributed by atoms with Gasteiger partial charge in [-0.15, -0.1) is 11.3 Å². The molecule has 8 heteroatoms. The van der Waals surface area contributed by atoms with Crippen molar-refractivity contribution in [2.75, 3.05) is 5.73 Å². The van der Waals surface area contributed by atoms with Crippen LogP contribution in [0.3, 0.4) is 0 Å². The lowest BCUT2D eigenvalue weighted by molar-refractivity contribution is -0.142. The number of anilines is 1. The SMILES string of the molecule is Nc1cnn(-c2nccs2)c1C(F)(F)F. The molecule has 0 aliphatic carbocycles. The summed E-state index contributed by atoms with van der Waals surface area (Å²) in [5, 5.41) is 5.25. The topological polar surface area (TPSA) is 56.7 Å². The van der Waals surface area contributed by atoms with E-state index in [-0.39, 0.29) is 5.13 Å². The molecule has 4 nitrogen and oxygen atoms in total. The molecule has 0 spiro atoms. The Morgan fingerprint density at radius 3 is 2.67 bits per heavy atom. The van der Waals surface area contributed by atoms with Gasteiger partial charge in [-0.2, -0.15) is 23.0 Å². The van der Waals surface area contributed by atoms with Crippen LogP contribution in [-0.2, 0) is 6.18 Å². The van der Waals surface area contributed by atoms with Gasteiger partial charge in [0.1, 0.15) is 0 Å². The third kappa shape index (κ3) is 1.67. The normalized spacial score (nSPS) is 11.9. The number of hydrogen-bond donors (Lipinski definition) is 1. The van der Waals surface area contributed by atoms with Crippen molar-refractivity contribution in [3.8, 4) is 5.13 Å². The maximum absolute atomic E-state index is 12.6. The van der Waals surface area contributed by atoms with Crippen LogP contribution in [0.1, 0.15) is 5.69 Å². The van der Waals surface area contributed by atoms with Gasteiger partial charge >= 0.3 is 6.18 Å². The van der Waals surface area contributed by atoms with E-state index in [0.29, 0.717) is 4.68 Å². The van der Waals surface area contributed by atoms with E-state index in [0.717, 1.165) is 17.5 Å². The fraction of sp³-hybridized carbons (Fsp3) is 0.143. The zero-order valence-corrected chi connectivity index (χ0v) is 8.01. The maximum Gasteiger partial charge on any atom is 0.435 e. The Morgan fingerprint density at radius 1 is 1.40 bits per heavy atom. The van der Waals surface area contributed by atoms with E-state index in [1.165, 1.54) is 6.20 Å². The average molecular weight is 234 g/mol. The van der Waals surface area contributed by atoms with Gasteiger partial charge in [0.2, 0.25) is 5.13 Å². The van der Waals surface area contributed by atoms with E-state index in [9.17, 15) is 13.2 Å². The molecule has 0 saturated carbocycles. The average Bonchev–Trinajstić information content (AvgIpc) is 2.68. The second-order valence-corrected chi connectivity index (χ2v) is 3.55. The van der Waals surface area contributed by atoms with Gasteiger partial charge in [-0.3, -0.25) is 0 Å². The third-order valence-electron chi connectivity index (χ3n) is 1.67. The minimum Gasteiger partial charge on any atom is -0.396 e. The summed E-state index contributed by atoms with van der Waals surface area (Å²) in [5.74, 6) is 0. The quantitative estimate of drug-likeness (QED) is 0.820. The summed E-state index contributed by atoms with van der Waals surface area (Å²) in [6.45, 7) is 0. The van der Waals surface area contributed by atoms with Crippen LogP contribution in [-0.4, -0.2) is 14.8 Å². The molecule has 0 aliphatic rings. The number of halogens is 3. The number of nitrogen functional groups attached to an aromatic ring is 1. The van der Waals surface area contributed by atoms with Crippen molar-refractivity contribution in [2.45, 2.75) is 6.18 Å². The number of hydrogen-bond acceptors (Lipinski definition) is 4. The van der Waals surface area contributed by atoms with Crippen molar-refractivity contribution < 1.29 is 13.2 Å². The molecule has 0 bridgehead atoms. The summed E-state index contributed by atoms with van der Waals surface area (Å²) in [4.78, 5) is 3.74. The van der Waals surface area contributed by atoms with Crippen molar-refractivity contribution in [1.29, 1.82) is 0 Å². The first-order valence-corrected chi connectivity index (χ1v) is 4.68. The van der Waals surface area contributed by atoms with Crippen LogP contribution in [0, 0.1) is 0 Å². The van der Waals surface area contributed by atoms with E-state index in [1.807, 2.05) is 0 Å². The van der Waals surface area contributed by atoms with Gasteiger partial charge < -0.3 is 5.73 Å². The summed E-state index contributed by atoms with van der Waals surface area (Å²) >= 11 is 1.05. The molecule has 0 radical (unpaired) electrons. The second-order valence-electron chi connectivity index (χ2n) is 2.67. The van der Waals surface area contributed by atoms with Crippen molar-refractivity contribution >= 4 is 17.0 Å². The molecule has 0 aromatic carbocycles. The van der Waals surface area contributed by atoms with Crippen LogP contribution in [0.5, 0.6) is 0 Å². The first-order valence-electron chi connectivity index (χ1n) is 3.80. The number of alkyl halides is 3. The molecule has 2 heterocycles. The first kappa shape index (κ1) is 9.97. The van der Waals surface area contributed by atoms with Crippen molar-refractivity contribution in [1.82, 2.24) is 14.8 Å². The summed E-state index contributed by atoms with van der Waals surface area (Å²) in [6, 6.07) is 0. The monoisotopic (exact) mass is 234 g/mol. The lowest BCUT2D eigenvalue weighted by atomic mass is 10.3. The van der Waals surface area contributed by atoms with Gasteiger partial charge in [0, 0.05) is 11.6 Å². The summed E-state index contributed by atoms with van der Waals surface area (Å²) in [5.41, 5.74) is 3.81. The van der Waals surface area contributed by atoms with Gasteiger partial charge in [0.25, 0.3) is 0 Å². The lowest BCUT2D eigenvalue weighted by Gasteiger charge is -2.08. The highest BCUT2D eigenvalue weighted by molar-refractivity contribution is 7.12. The highest BCUT2D eigenvalue weighted by Gasteiger charge is 2.38. The predicted molar refractivity (Wildman–Crippen MR) is 48.7 cm³/mol. The zero-order chi connectivity index (χ0) is 11.1. The van der Waals surface area contributed by atoms with Crippen LogP contribution in [0.25, 0.3) is 5.13 Å². The Labute approximate surface area is 86.2 Å². The highest BCUT2D eigenvalue weighted by Crippen LogP contribution is 2.34. The summed E-state index contributed by atoms with van der Waals surface area (Å²) in [6.07, 6.45) is -2.17. The molecule has 2 aromatic rings. The molecule has 2 aromatic heterocycles. The van der Waals surface area contributed by atoms with E-state index >= 15 is 0 Å². The molecular formula is C7H5F3N4S. The van der Waals surface area contributed by atoms with Gasteiger partial charge in [0.15, 0.2) is 5.69 Å². The Morgan fingerprint density at radius 2 is 2.13 bits per heavy atom. The number of thiazole rings is 1. The minimum atomic E-state index is -4.54. The van der Waals surface area contributed by atoms with Gasteiger partial charge in [-0.25, -0.2) is 4.98 Å². The van der Waals surface area contributed by atoms with Crippen molar-refractivity contribution in [3.05, 3.63) is 23.5 Å². The van der Waals surface area contributed by atoms with Crippen molar-refractivity contribution in [3.63, 3.8) is 0 Å². The predicted octanol–water partition coefficient (Wildman–Crippen LogP) is 1.93. The molecule has 0 fully saturated rings. The van der Waals surface area contributed by atoms with Gasteiger partial charge in [-0.05, 0) is 0 Å². The van der Waals surface area contributed by atoms with E-state index < -0.39 is 17.6 Å². The van der Waals surface area contributed by atoms with Crippen LogP contribution in [0.15, 0.2) is 17.8 Å². The fourth-order valence-corrected chi connectivity index (χ4v) is 1.71. The fourth-order valence-electron chi connectivity index (χ4n) is 1.11. The van der Waals surface area contributed by atoms with E-state index in [2.05, 4.69) is 10.1 Å². The number of aromatic nitrogens is 3. The second kappa shape index (κ2) is 3.23. The van der Waals surface area contributed by atoms with Crippen LogP contribution < -0.4 is 5.73 Å². The lowest BCUT2D eigenvalue weighted by Crippen LogP contribution is -2.14. The van der Waals surface area contributed by atoms with Crippen molar-refractivity contribution in [2.24, 2.45) is 0 Å². The maximum atomic E-state index is 12.6. The molecule has 80 valence electrons. The van der Waals surface area contributed by atoms with Crippen LogP contribution >= 0.6 is 11.3 Å². The Hall–Kier alpha value is -1.57. The Bertz CT molecular complexity index is 459. The van der Waals surface area contributed by atoms with E-state index in [1.54, 1.807) is 5.38 Å². The summed E-state index contributed by atoms with van der Waals surface area (Å²) < 4.78 is 38.4. The zero-order valence-electron chi connectivity index (χ0n) is 7.19. The van der Waals surface area contributed by atoms with Gasteiger partial charge in [0.05, 0.1) is 11.9 Å². The summed E-state index contributed by atoms with van der Waals surface area (Å²) in [7, 11) is 0. The number of rotatable bonds is 1. The number of nitrogens with zero attached hydrogens (tertiary/aromatic N) is 3. The molecule has 0 amide bonds. The van der Waals surface area contributed by atoms with Crippen LogP contribution in [0.2, 0.25) is 0 Å². The Kier molecular flexibility index (Phi) is 2.14. The molecule has 0 saturated heterocycles. The molecule has 15 heavy (non-hydrogen) atoms. The highest BCUT2D eigenvalue weighted by atomic mass is 32.1. The molecule has 2 N–H and O–H groups in total. The largest absolute Gasteiger partial charge is 0.435 e. The van der Waals surface area contributed by atoms with Crippen LogP contribution in [0.4, 0.5) is 18.9 Å². The third-order valence-corrected chi connectivity index (χ3v) is 2.41. The molecule has 2 rings (SSSR count). The standard InChI is InChI=1S/C7H5F3N4S/c8-7(9,10)5-4(11)3-13-14(5)6-12-1-2-15-6/h1-3H,11H2. The number of nitrogens with two attached hydrogens (primary N) is 1. The molecular weight excluding hydrogens is 229 g/mol. The molecule has 0 unspecified atom stereocenters. The first-order chi connectivity index (χ1) is 7.00. The Balaban J connectivity index is 2.59. The molecule has 0 atom stereocenters. The van der Waals surface area contributed by atoms with E-state index in [4.69, 9.17) is 5.73 Å². The van der Waals surface area contributed by atoms with Gasteiger partial charge in [-0.1, -0.05) is 0 Å². The minimum absolute atomic E-state index is 0.138. The smallest absolute Gasteiger partial charge is 0.396 e.